The molecule has 0 aliphatic carbocycles. The number of hydrogen-bond donors (Lipinski definition) is 0. The van der Waals surface area contributed by atoms with Crippen molar-refractivity contribution in [2.75, 3.05) is 19.8 Å². The van der Waals surface area contributed by atoms with Gasteiger partial charge in [-0.3, -0.25) is 9.59 Å². The van der Waals surface area contributed by atoms with Crippen molar-refractivity contribution in [2.24, 2.45) is 0 Å². The first-order valence-electron chi connectivity index (χ1n) is 24.8. The van der Waals surface area contributed by atoms with Gasteiger partial charge in [-0.1, -0.05) is 197 Å². The lowest BCUT2D eigenvalue weighted by Crippen LogP contribution is -2.30. The summed E-state index contributed by atoms with van der Waals surface area (Å²) in [5.74, 6) is -0.420. The molecule has 5 heteroatoms. The van der Waals surface area contributed by atoms with E-state index in [1.165, 1.54) is 128 Å². The lowest BCUT2D eigenvalue weighted by molar-refractivity contribution is -0.163. The fourth-order valence-electron chi connectivity index (χ4n) is 6.78. The molecule has 0 aromatic heterocycles. The summed E-state index contributed by atoms with van der Waals surface area (Å²) in [6.07, 6.45) is 60.9. The van der Waals surface area contributed by atoms with E-state index >= 15 is 0 Å². The molecule has 0 aromatic carbocycles. The lowest BCUT2D eigenvalue weighted by Gasteiger charge is -2.18. The highest BCUT2D eigenvalue weighted by Gasteiger charge is 2.17. The fraction of sp³-hybridized carbons (Fsp3) is 0.774. The van der Waals surface area contributed by atoms with Crippen LogP contribution in [0, 0.1) is 0 Å². The molecule has 0 radical (unpaired) electrons. The van der Waals surface area contributed by atoms with E-state index < -0.39 is 6.10 Å². The molecule has 0 saturated heterocycles. The SMILES string of the molecule is CCCCC/C=C\C/C=C\C/C=C\CCCCCCCCC(=O)OCC(COCCCCCCCC)OC(=O)CCCCCCCCC/C=C\C/C=C\CCCCC. The fourth-order valence-corrected chi connectivity index (χ4v) is 6.78. The minimum absolute atomic E-state index is 0.0749. The maximum Gasteiger partial charge on any atom is 0.306 e. The number of carbonyl (C=O) groups is 2. The van der Waals surface area contributed by atoms with Crippen molar-refractivity contribution in [3.63, 3.8) is 0 Å². The smallest absolute Gasteiger partial charge is 0.306 e. The average molecular weight is 811 g/mol. The average Bonchev–Trinajstić information content (AvgIpc) is 3.22. The number of allylic oxidation sites excluding steroid dienone is 10. The molecule has 0 fully saturated rings. The van der Waals surface area contributed by atoms with Crippen LogP contribution in [0.2, 0.25) is 0 Å². The van der Waals surface area contributed by atoms with E-state index in [1.807, 2.05) is 0 Å². The van der Waals surface area contributed by atoms with Gasteiger partial charge in [-0.05, 0) is 89.9 Å². The largest absolute Gasteiger partial charge is 0.462 e. The second-order valence-corrected chi connectivity index (χ2v) is 16.4. The Morgan fingerprint density at radius 1 is 0.379 bits per heavy atom. The Kier molecular flexibility index (Phi) is 46.9. The first-order valence-corrected chi connectivity index (χ1v) is 24.8. The molecule has 0 bridgehead atoms. The van der Waals surface area contributed by atoms with Gasteiger partial charge < -0.3 is 14.2 Å². The zero-order valence-corrected chi connectivity index (χ0v) is 38.6. The van der Waals surface area contributed by atoms with Crippen molar-refractivity contribution >= 4 is 11.9 Å². The Labute approximate surface area is 360 Å². The zero-order valence-electron chi connectivity index (χ0n) is 38.6. The molecule has 58 heavy (non-hydrogen) atoms. The molecule has 336 valence electrons. The highest BCUT2D eigenvalue weighted by molar-refractivity contribution is 5.70. The Bertz CT molecular complexity index is 1010. The summed E-state index contributed by atoms with van der Waals surface area (Å²) in [4.78, 5) is 25.3. The number of rotatable bonds is 45. The third-order valence-electron chi connectivity index (χ3n) is 10.5. The van der Waals surface area contributed by atoms with Crippen LogP contribution in [-0.2, 0) is 23.8 Å². The molecule has 0 heterocycles. The van der Waals surface area contributed by atoms with Gasteiger partial charge in [0, 0.05) is 19.4 Å². The van der Waals surface area contributed by atoms with E-state index in [9.17, 15) is 9.59 Å². The van der Waals surface area contributed by atoms with Crippen molar-refractivity contribution in [3.05, 3.63) is 60.8 Å². The maximum absolute atomic E-state index is 12.7. The molecule has 0 aliphatic heterocycles. The van der Waals surface area contributed by atoms with Crippen LogP contribution >= 0.6 is 0 Å². The quantitative estimate of drug-likeness (QED) is 0.0348. The predicted molar refractivity (Wildman–Crippen MR) is 251 cm³/mol. The Morgan fingerprint density at radius 3 is 1.19 bits per heavy atom. The van der Waals surface area contributed by atoms with Gasteiger partial charge in [0.1, 0.15) is 6.61 Å². The van der Waals surface area contributed by atoms with Crippen LogP contribution in [0.4, 0.5) is 0 Å². The number of unbranched alkanes of at least 4 members (excludes halogenated alkanes) is 24. The number of esters is 2. The highest BCUT2D eigenvalue weighted by atomic mass is 16.6. The Hall–Kier alpha value is -2.40. The molecule has 5 nitrogen and oxygen atoms in total. The molecule has 1 atom stereocenters. The summed E-state index contributed by atoms with van der Waals surface area (Å²) in [6.45, 7) is 7.73. The van der Waals surface area contributed by atoms with Crippen molar-refractivity contribution < 1.29 is 23.8 Å². The molecule has 0 aromatic rings. The van der Waals surface area contributed by atoms with Gasteiger partial charge in [0.05, 0.1) is 6.61 Å². The van der Waals surface area contributed by atoms with Crippen LogP contribution in [0.5, 0.6) is 0 Å². The monoisotopic (exact) mass is 811 g/mol. The van der Waals surface area contributed by atoms with Crippen LogP contribution in [-0.4, -0.2) is 37.9 Å². The molecule has 0 saturated carbocycles. The van der Waals surface area contributed by atoms with Gasteiger partial charge >= 0.3 is 11.9 Å². The molecule has 0 amide bonds. The minimum Gasteiger partial charge on any atom is -0.462 e. The van der Waals surface area contributed by atoms with Crippen molar-refractivity contribution in [1.82, 2.24) is 0 Å². The van der Waals surface area contributed by atoms with Crippen LogP contribution in [0.1, 0.15) is 239 Å². The number of hydrogen-bond acceptors (Lipinski definition) is 5. The predicted octanol–water partition coefficient (Wildman–Crippen LogP) is 16.6. The first-order chi connectivity index (χ1) is 28.6. The highest BCUT2D eigenvalue weighted by Crippen LogP contribution is 2.13. The standard InChI is InChI=1S/C53H94O5/c1-4-7-10-13-16-18-20-22-24-26-27-29-30-32-34-36-38-40-43-46-52(54)57-50-51(49-56-48-45-42-15-12-9-6-3)58-53(55)47-44-41-39-37-35-33-31-28-25-23-21-19-17-14-11-8-5-2/h16-19,22-25,27,29,51H,4-15,20-21,26,28,30-50H2,1-3H3/b18-16-,19-17-,24-22-,25-23-,29-27-. The summed E-state index contributed by atoms with van der Waals surface area (Å²) < 4.78 is 17.2. The van der Waals surface area contributed by atoms with Gasteiger partial charge in [-0.25, -0.2) is 0 Å². The summed E-state index contributed by atoms with van der Waals surface area (Å²) in [5.41, 5.74) is 0. The van der Waals surface area contributed by atoms with Crippen LogP contribution in [0.15, 0.2) is 60.8 Å². The summed E-state index contributed by atoms with van der Waals surface area (Å²) in [7, 11) is 0. The summed E-state index contributed by atoms with van der Waals surface area (Å²) in [6, 6.07) is 0. The normalized spacial score (nSPS) is 12.7. The van der Waals surface area contributed by atoms with Gasteiger partial charge in [0.25, 0.3) is 0 Å². The Balaban J connectivity index is 4.12. The topological polar surface area (TPSA) is 61.8 Å². The van der Waals surface area contributed by atoms with Gasteiger partial charge in [0.15, 0.2) is 6.10 Å². The van der Waals surface area contributed by atoms with Crippen molar-refractivity contribution in [1.29, 1.82) is 0 Å². The molecule has 0 N–H and O–H groups in total. The van der Waals surface area contributed by atoms with E-state index in [4.69, 9.17) is 14.2 Å². The molecule has 0 spiro atoms. The number of ether oxygens (including phenoxy) is 3. The third kappa shape index (κ3) is 46.3. The Morgan fingerprint density at radius 2 is 0.724 bits per heavy atom. The lowest BCUT2D eigenvalue weighted by atomic mass is 10.1. The van der Waals surface area contributed by atoms with Gasteiger partial charge in [0.2, 0.25) is 0 Å². The second-order valence-electron chi connectivity index (χ2n) is 16.4. The van der Waals surface area contributed by atoms with Crippen LogP contribution < -0.4 is 0 Å². The zero-order chi connectivity index (χ0) is 42.1. The van der Waals surface area contributed by atoms with Crippen LogP contribution in [0.25, 0.3) is 0 Å². The van der Waals surface area contributed by atoms with E-state index in [1.54, 1.807) is 0 Å². The summed E-state index contributed by atoms with van der Waals surface area (Å²) >= 11 is 0. The molecule has 1 unspecified atom stereocenters. The minimum atomic E-state index is -0.542. The van der Waals surface area contributed by atoms with Gasteiger partial charge in [-0.15, -0.1) is 0 Å². The third-order valence-corrected chi connectivity index (χ3v) is 10.5. The molecule has 0 rings (SSSR count). The number of carbonyl (C=O) groups excluding carboxylic acids is 2. The van der Waals surface area contributed by atoms with E-state index in [0.717, 1.165) is 77.0 Å². The second kappa shape index (κ2) is 49.0. The van der Waals surface area contributed by atoms with E-state index in [2.05, 4.69) is 81.5 Å². The maximum atomic E-state index is 12.7. The van der Waals surface area contributed by atoms with E-state index in [0.29, 0.717) is 19.4 Å². The van der Waals surface area contributed by atoms with Crippen molar-refractivity contribution in [3.8, 4) is 0 Å². The first kappa shape index (κ1) is 55.6. The molecule has 0 aliphatic rings. The van der Waals surface area contributed by atoms with Gasteiger partial charge in [-0.2, -0.15) is 0 Å². The van der Waals surface area contributed by atoms with Crippen molar-refractivity contribution in [2.45, 2.75) is 245 Å². The molecular formula is C53H94O5. The summed E-state index contributed by atoms with van der Waals surface area (Å²) in [5, 5.41) is 0. The van der Waals surface area contributed by atoms with E-state index in [-0.39, 0.29) is 25.2 Å². The van der Waals surface area contributed by atoms with Crippen LogP contribution in [0.3, 0.4) is 0 Å². The molecular weight excluding hydrogens is 717 g/mol.